The number of nitrogens with one attached hydrogen (secondary N) is 1. The van der Waals surface area contributed by atoms with Crippen LogP contribution >= 0.6 is 0 Å². The molecule has 0 heterocycles. The standard InChI is InChI=1S/C8H17NO/c1-9-8-5-3-2-4-7(8)6-10/h7-10H,2-6H2,1H3/t7-,8+/m0/s1. The minimum atomic E-state index is 0.353. The molecule has 2 atom stereocenters. The van der Waals surface area contributed by atoms with Crippen LogP contribution < -0.4 is 5.32 Å². The summed E-state index contributed by atoms with van der Waals surface area (Å²) in [6.07, 6.45) is 5.05. The monoisotopic (exact) mass is 143 g/mol. The number of rotatable bonds is 2. The van der Waals surface area contributed by atoms with Gasteiger partial charge in [0.25, 0.3) is 0 Å². The Labute approximate surface area is 62.6 Å². The molecule has 0 radical (unpaired) electrons. The summed E-state index contributed by atoms with van der Waals surface area (Å²) >= 11 is 0. The van der Waals surface area contributed by atoms with Gasteiger partial charge in [-0.2, -0.15) is 0 Å². The molecule has 1 aliphatic rings. The first kappa shape index (κ1) is 8.02. The quantitative estimate of drug-likeness (QED) is 0.598. The molecule has 0 aromatic carbocycles. The predicted octanol–water partition coefficient (Wildman–Crippen LogP) is 0.757. The molecule has 0 bridgehead atoms. The van der Waals surface area contributed by atoms with Gasteiger partial charge in [0.2, 0.25) is 0 Å². The number of hydrogen-bond acceptors (Lipinski definition) is 2. The van der Waals surface area contributed by atoms with E-state index in [2.05, 4.69) is 5.32 Å². The van der Waals surface area contributed by atoms with Crippen molar-refractivity contribution >= 4 is 0 Å². The van der Waals surface area contributed by atoms with Crippen molar-refractivity contribution in [1.29, 1.82) is 0 Å². The Hall–Kier alpha value is -0.0800. The van der Waals surface area contributed by atoms with Crippen LogP contribution in [0.15, 0.2) is 0 Å². The van der Waals surface area contributed by atoms with Crippen LogP contribution in [0.3, 0.4) is 0 Å². The summed E-state index contributed by atoms with van der Waals surface area (Å²) in [6, 6.07) is 0.568. The van der Waals surface area contributed by atoms with Gasteiger partial charge in [0.1, 0.15) is 0 Å². The summed E-state index contributed by atoms with van der Waals surface area (Å²) in [6.45, 7) is 0.353. The van der Waals surface area contributed by atoms with E-state index in [1.165, 1.54) is 25.7 Å². The molecule has 0 saturated heterocycles. The van der Waals surface area contributed by atoms with Crippen LogP contribution in [0.1, 0.15) is 25.7 Å². The van der Waals surface area contributed by atoms with Crippen molar-refractivity contribution in [1.82, 2.24) is 5.32 Å². The summed E-state index contributed by atoms with van der Waals surface area (Å²) in [5, 5.41) is 12.2. The van der Waals surface area contributed by atoms with Gasteiger partial charge >= 0.3 is 0 Å². The molecule has 2 N–H and O–H groups in total. The molecular weight excluding hydrogens is 126 g/mol. The van der Waals surface area contributed by atoms with Crippen molar-refractivity contribution in [2.45, 2.75) is 31.7 Å². The third-order valence-electron chi connectivity index (χ3n) is 2.51. The van der Waals surface area contributed by atoms with Crippen molar-refractivity contribution in [3.05, 3.63) is 0 Å². The van der Waals surface area contributed by atoms with Crippen molar-refractivity contribution < 1.29 is 5.11 Å². The summed E-state index contributed by atoms with van der Waals surface area (Å²) in [4.78, 5) is 0. The Balaban J connectivity index is 2.34. The minimum Gasteiger partial charge on any atom is -0.396 e. The fourth-order valence-electron chi connectivity index (χ4n) is 1.81. The molecule has 1 rings (SSSR count). The Morgan fingerprint density at radius 1 is 1.40 bits per heavy atom. The predicted molar refractivity (Wildman–Crippen MR) is 41.9 cm³/mol. The van der Waals surface area contributed by atoms with Crippen LogP contribution in [-0.4, -0.2) is 24.8 Å². The Morgan fingerprint density at radius 2 is 2.10 bits per heavy atom. The van der Waals surface area contributed by atoms with E-state index in [1.807, 2.05) is 7.05 Å². The molecule has 0 amide bonds. The lowest BCUT2D eigenvalue weighted by atomic mass is 9.85. The van der Waals surface area contributed by atoms with Gasteiger partial charge in [0.05, 0.1) is 0 Å². The Kier molecular flexibility index (Phi) is 3.16. The molecular formula is C8H17NO. The topological polar surface area (TPSA) is 32.3 Å². The first-order valence-electron chi connectivity index (χ1n) is 4.16. The van der Waals surface area contributed by atoms with Crippen LogP contribution in [0.5, 0.6) is 0 Å². The highest BCUT2D eigenvalue weighted by Gasteiger charge is 2.22. The number of aliphatic hydroxyl groups is 1. The zero-order valence-electron chi connectivity index (χ0n) is 6.64. The lowest BCUT2D eigenvalue weighted by Gasteiger charge is -2.29. The van der Waals surface area contributed by atoms with Crippen molar-refractivity contribution in [2.75, 3.05) is 13.7 Å². The van der Waals surface area contributed by atoms with Gasteiger partial charge in [-0.15, -0.1) is 0 Å². The van der Waals surface area contributed by atoms with Crippen molar-refractivity contribution in [2.24, 2.45) is 5.92 Å². The molecule has 2 nitrogen and oxygen atoms in total. The highest BCUT2D eigenvalue weighted by Crippen LogP contribution is 2.23. The zero-order valence-corrected chi connectivity index (χ0v) is 6.64. The third-order valence-corrected chi connectivity index (χ3v) is 2.51. The van der Waals surface area contributed by atoms with E-state index >= 15 is 0 Å². The van der Waals surface area contributed by atoms with E-state index in [1.54, 1.807) is 0 Å². The smallest absolute Gasteiger partial charge is 0.0474 e. The second kappa shape index (κ2) is 3.94. The largest absolute Gasteiger partial charge is 0.396 e. The molecule has 0 unspecified atom stereocenters. The molecule has 60 valence electrons. The van der Waals surface area contributed by atoms with Crippen molar-refractivity contribution in [3.8, 4) is 0 Å². The van der Waals surface area contributed by atoms with Crippen LogP contribution in [0.4, 0.5) is 0 Å². The van der Waals surface area contributed by atoms with E-state index in [0.29, 0.717) is 18.6 Å². The summed E-state index contributed by atoms with van der Waals surface area (Å²) in [5.41, 5.74) is 0. The molecule has 0 aliphatic heterocycles. The minimum absolute atomic E-state index is 0.353. The van der Waals surface area contributed by atoms with Gasteiger partial charge in [-0.3, -0.25) is 0 Å². The maximum Gasteiger partial charge on any atom is 0.0474 e. The molecule has 10 heavy (non-hydrogen) atoms. The summed E-state index contributed by atoms with van der Waals surface area (Å²) in [5.74, 6) is 0.513. The van der Waals surface area contributed by atoms with Gasteiger partial charge in [0, 0.05) is 12.6 Å². The summed E-state index contributed by atoms with van der Waals surface area (Å²) < 4.78 is 0. The second-order valence-corrected chi connectivity index (χ2v) is 3.12. The zero-order chi connectivity index (χ0) is 7.40. The third kappa shape index (κ3) is 1.70. The van der Waals surface area contributed by atoms with Crippen LogP contribution in [-0.2, 0) is 0 Å². The maximum absolute atomic E-state index is 8.95. The van der Waals surface area contributed by atoms with Gasteiger partial charge in [-0.05, 0) is 25.8 Å². The highest BCUT2D eigenvalue weighted by molar-refractivity contribution is 4.78. The van der Waals surface area contributed by atoms with E-state index in [-0.39, 0.29) is 0 Å². The molecule has 1 fully saturated rings. The molecule has 2 heteroatoms. The average molecular weight is 143 g/mol. The first-order chi connectivity index (χ1) is 4.88. The van der Waals surface area contributed by atoms with Crippen LogP contribution in [0.25, 0.3) is 0 Å². The van der Waals surface area contributed by atoms with Crippen LogP contribution in [0.2, 0.25) is 0 Å². The van der Waals surface area contributed by atoms with E-state index in [0.717, 1.165) is 0 Å². The SMILES string of the molecule is CN[C@@H]1CCCC[C@H]1CO. The normalized spacial score (nSPS) is 34.2. The molecule has 0 aromatic rings. The molecule has 0 spiro atoms. The second-order valence-electron chi connectivity index (χ2n) is 3.12. The fourth-order valence-corrected chi connectivity index (χ4v) is 1.81. The fraction of sp³-hybridized carbons (Fsp3) is 1.00. The Morgan fingerprint density at radius 3 is 2.60 bits per heavy atom. The van der Waals surface area contributed by atoms with Crippen LogP contribution in [0, 0.1) is 5.92 Å². The van der Waals surface area contributed by atoms with Gasteiger partial charge in [-0.25, -0.2) is 0 Å². The van der Waals surface area contributed by atoms with Crippen molar-refractivity contribution in [3.63, 3.8) is 0 Å². The van der Waals surface area contributed by atoms with Gasteiger partial charge < -0.3 is 10.4 Å². The Bertz CT molecular complexity index is 83.3. The summed E-state index contributed by atoms with van der Waals surface area (Å²) in [7, 11) is 1.98. The molecule has 1 saturated carbocycles. The average Bonchev–Trinajstić information content (AvgIpc) is 2.04. The molecule has 1 aliphatic carbocycles. The van der Waals surface area contributed by atoms with Gasteiger partial charge in [0.15, 0.2) is 0 Å². The number of hydrogen-bond donors (Lipinski definition) is 2. The van der Waals surface area contributed by atoms with Gasteiger partial charge in [-0.1, -0.05) is 12.8 Å². The number of aliphatic hydroxyl groups excluding tert-OH is 1. The van der Waals surface area contributed by atoms with E-state index < -0.39 is 0 Å². The maximum atomic E-state index is 8.95. The lowest BCUT2D eigenvalue weighted by Crippen LogP contribution is -2.37. The lowest BCUT2D eigenvalue weighted by molar-refractivity contribution is 0.157. The molecule has 0 aromatic heterocycles. The van der Waals surface area contributed by atoms with E-state index in [4.69, 9.17) is 5.11 Å². The highest BCUT2D eigenvalue weighted by atomic mass is 16.3. The first-order valence-corrected chi connectivity index (χ1v) is 4.16. The van der Waals surface area contributed by atoms with E-state index in [9.17, 15) is 0 Å².